The zero-order valence-electron chi connectivity index (χ0n) is 3.49. The minimum Gasteiger partial charge on any atom is -0.119 e. The van der Waals surface area contributed by atoms with Crippen LogP contribution in [-0.4, -0.2) is 5.38 Å². The summed E-state index contributed by atoms with van der Waals surface area (Å²) in [5, 5.41) is 0.0579. The van der Waals surface area contributed by atoms with E-state index in [-0.39, 0.29) is 5.38 Å². The fraction of sp³-hybridized carbons (Fsp3) is 0.500. The monoisotopic (exact) mass is 124 g/mol. The fourth-order valence-electron chi connectivity index (χ4n) is 0.100. The molecule has 2 heteroatoms. The number of allylic oxidation sites excluding steroid dienone is 1. The molecule has 0 radical (unpaired) electrons. The lowest BCUT2D eigenvalue weighted by Gasteiger charge is -1.83. The van der Waals surface area contributed by atoms with Crippen molar-refractivity contribution in [3.8, 4) is 0 Å². The first-order valence-corrected chi connectivity index (χ1v) is 2.55. The van der Waals surface area contributed by atoms with Crippen LogP contribution in [0.25, 0.3) is 0 Å². The Morgan fingerprint density at radius 2 is 2.17 bits per heavy atom. The second-order valence-electron chi connectivity index (χ2n) is 0.996. The van der Waals surface area contributed by atoms with Crippen molar-refractivity contribution in [1.29, 1.82) is 0 Å². The molecule has 0 aliphatic rings. The third kappa shape index (κ3) is 4.32. The molecule has 0 amide bonds. The molecule has 0 aromatic rings. The van der Waals surface area contributed by atoms with Gasteiger partial charge in [-0.15, -0.1) is 11.6 Å². The first-order valence-electron chi connectivity index (χ1n) is 1.68. The Balaban J connectivity index is 3.03. The van der Waals surface area contributed by atoms with Crippen molar-refractivity contribution in [2.24, 2.45) is 0 Å². The molecule has 6 heavy (non-hydrogen) atoms. The van der Waals surface area contributed by atoms with Gasteiger partial charge in [-0.2, -0.15) is 0 Å². The largest absolute Gasteiger partial charge is 0.119 e. The first-order chi connectivity index (χ1) is 2.77. The molecule has 0 aliphatic heterocycles. The number of alkyl halides is 1. The van der Waals surface area contributed by atoms with Crippen LogP contribution in [0.1, 0.15) is 6.92 Å². The summed E-state index contributed by atoms with van der Waals surface area (Å²) in [5.74, 6) is 0. The highest BCUT2D eigenvalue weighted by Gasteiger charge is 1.80. The molecule has 1 unspecified atom stereocenters. The molecular formula is C4H6Cl2. The van der Waals surface area contributed by atoms with E-state index in [4.69, 9.17) is 23.2 Å². The summed E-state index contributed by atoms with van der Waals surface area (Å²) in [7, 11) is 0. The van der Waals surface area contributed by atoms with Gasteiger partial charge in [0.05, 0.1) is 0 Å². The Morgan fingerprint density at radius 3 is 2.17 bits per heavy atom. The van der Waals surface area contributed by atoms with Crippen molar-refractivity contribution in [3.63, 3.8) is 0 Å². The van der Waals surface area contributed by atoms with Crippen molar-refractivity contribution >= 4 is 23.2 Å². The Bertz CT molecular complexity index is 47.5. The maximum atomic E-state index is 5.41. The average Bonchev–Trinajstić information content (AvgIpc) is 1.35. The van der Waals surface area contributed by atoms with E-state index in [9.17, 15) is 0 Å². The summed E-state index contributed by atoms with van der Waals surface area (Å²) in [5.41, 5.74) is 1.41. The van der Waals surface area contributed by atoms with Crippen LogP contribution < -0.4 is 0 Å². The summed E-state index contributed by atoms with van der Waals surface area (Å²) in [6.45, 7) is 1.85. The van der Waals surface area contributed by atoms with Crippen molar-refractivity contribution in [1.82, 2.24) is 0 Å². The topological polar surface area (TPSA) is 0 Å². The lowest BCUT2D eigenvalue weighted by molar-refractivity contribution is 1.24. The van der Waals surface area contributed by atoms with Crippen LogP contribution in [0.15, 0.2) is 11.6 Å². The fourth-order valence-corrected chi connectivity index (χ4v) is 0.466. The van der Waals surface area contributed by atoms with Gasteiger partial charge in [0.25, 0.3) is 0 Å². The predicted octanol–water partition coefficient (Wildman–Crippen LogP) is 2.37. The van der Waals surface area contributed by atoms with Gasteiger partial charge in [0.1, 0.15) is 0 Å². The van der Waals surface area contributed by atoms with Gasteiger partial charge in [0.15, 0.2) is 0 Å². The summed E-state index contributed by atoms with van der Waals surface area (Å²) in [4.78, 5) is 0. The molecule has 0 bridgehead atoms. The molecule has 0 aliphatic carbocycles. The first kappa shape index (κ1) is 6.32. The highest BCUT2D eigenvalue weighted by atomic mass is 35.5. The average molecular weight is 125 g/mol. The Hall–Kier alpha value is 0.320. The van der Waals surface area contributed by atoms with E-state index in [1.165, 1.54) is 5.54 Å². The lowest BCUT2D eigenvalue weighted by atomic mass is 10.5. The Labute approximate surface area is 47.8 Å². The van der Waals surface area contributed by atoms with E-state index < -0.39 is 0 Å². The van der Waals surface area contributed by atoms with Crippen LogP contribution in [0.4, 0.5) is 0 Å². The molecule has 1 atom stereocenters. The Kier molecular flexibility index (Phi) is 3.70. The second kappa shape index (κ2) is 3.51. The third-order valence-corrected chi connectivity index (χ3v) is 0.629. The molecule has 0 spiro atoms. The molecule has 0 nitrogen and oxygen atoms in total. The van der Waals surface area contributed by atoms with Crippen molar-refractivity contribution in [3.05, 3.63) is 11.6 Å². The summed E-state index contributed by atoms with van der Waals surface area (Å²) in [6.07, 6.45) is 1.70. The van der Waals surface area contributed by atoms with Gasteiger partial charge < -0.3 is 0 Å². The molecule has 0 aromatic carbocycles. The third-order valence-electron chi connectivity index (χ3n) is 0.338. The van der Waals surface area contributed by atoms with Crippen LogP contribution in [0, 0.1) is 0 Å². The molecule has 0 fully saturated rings. The zero-order valence-corrected chi connectivity index (χ0v) is 5.00. The number of hydrogen-bond acceptors (Lipinski definition) is 0. The van der Waals surface area contributed by atoms with Gasteiger partial charge >= 0.3 is 0 Å². The molecule has 0 heterocycles. The van der Waals surface area contributed by atoms with Crippen LogP contribution >= 0.6 is 23.2 Å². The number of hydrogen-bond donors (Lipinski definition) is 0. The van der Waals surface area contributed by atoms with Gasteiger partial charge in [0.2, 0.25) is 0 Å². The smallest absolute Gasteiger partial charge is 0.0499 e. The molecule has 0 rings (SSSR count). The molecular weight excluding hydrogens is 119 g/mol. The quantitative estimate of drug-likeness (QED) is 0.472. The van der Waals surface area contributed by atoms with Gasteiger partial charge in [-0.25, -0.2) is 0 Å². The minimum absolute atomic E-state index is 0.0579. The summed E-state index contributed by atoms with van der Waals surface area (Å²) >= 11 is 10.5. The Morgan fingerprint density at radius 1 is 1.67 bits per heavy atom. The molecule has 0 saturated carbocycles. The van der Waals surface area contributed by atoms with Crippen molar-refractivity contribution in [2.75, 3.05) is 0 Å². The predicted molar refractivity (Wildman–Crippen MR) is 30.3 cm³/mol. The molecule has 0 aromatic heterocycles. The van der Waals surface area contributed by atoms with Gasteiger partial charge in [-0.1, -0.05) is 17.7 Å². The molecule has 0 saturated heterocycles. The van der Waals surface area contributed by atoms with E-state index in [1.54, 1.807) is 6.08 Å². The van der Waals surface area contributed by atoms with Gasteiger partial charge in [-0.3, -0.25) is 0 Å². The van der Waals surface area contributed by atoms with Crippen LogP contribution in [0.5, 0.6) is 0 Å². The van der Waals surface area contributed by atoms with Crippen LogP contribution in [0.3, 0.4) is 0 Å². The normalized spacial score (nSPS) is 15.8. The highest BCUT2D eigenvalue weighted by molar-refractivity contribution is 6.27. The standard InChI is InChI=1S/C4H6Cl2/c1-4(6)2-3-5/h2-4H,1H3. The summed E-state index contributed by atoms with van der Waals surface area (Å²) < 4.78 is 0. The van der Waals surface area contributed by atoms with Crippen molar-refractivity contribution in [2.45, 2.75) is 12.3 Å². The molecule has 36 valence electrons. The van der Waals surface area contributed by atoms with Crippen LogP contribution in [-0.2, 0) is 0 Å². The van der Waals surface area contributed by atoms with Crippen molar-refractivity contribution < 1.29 is 0 Å². The van der Waals surface area contributed by atoms with Crippen LogP contribution in [0.2, 0.25) is 0 Å². The van der Waals surface area contributed by atoms with Gasteiger partial charge in [-0.05, 0) is 6.92 Å². The van der Waals surface area contributed by atoms with E-state index in [0.717, 1.165) is 0 Å². The lowest BCUT2D eigenvalue weighted by Crippen LogP contribution is -1.76. The number of halogens is 2. The minimum atomic E-state index is 0.0579. The van der Waals surface area contributed by atoms with E-state index in [0.29, 0.717) is 0 Å². The zero-order chi connectivity index (χ0) is 4.99. The van der Waals surface area contributed by atoms with Gasteiger partial charge in [0, 0.05) is 10.9 Å². The summed E-state index contributed by atoms with van der Waals surface area (Å²) in [6, 6.07) is 0. The highest BCUT2D eigenvalue weighted by Crippen LogP contribution is 1.94. The van der Waals surface area contributed by atoms with E-state index in [1.807, 2.05) is 6.92 Å². The number of rotatable bonds is 1. The molecule has 0 N–H and O–H groups in total. The second-order valence-corrected chi connectivity index (χ2v) is 1.94. The van der Waals surface area contributed by atoms with E-state index in [2.05, 4.69) is 0 Å². The SMILES string of the molecule is CC(Cl)C=CCl. The van der Waals surface area contributed by atoms with E-state index >= 15 is 0 Å². The maximum absolute atomic E-state index is 5.41. The maximum Gasteiger partial charge on any atom is 0.0499 e.